The summed E-state index contributed by atoms with van der Waals surface area (Å²) in [7, 11) is 0. The normalized spacial score (nSPS) is 21.6. The standard InChI is InChI=1S/C15H21NO4/c1-2-19-12-6-3-4-7-13(12)20-11-9-15(14(17)18)8-5-10-16-15/h3-4,6-7,16H,2,5,8-11H2,1H3,(H,17,18). The summed E-state index contributed by atoms with van der Waals surface area (Å²) in [5.74, 6) is 0.559. The van der Waals surface area contributed by atoms with Crippen LogP contribution in [0.1, 0.15) is 26.2 Å². The number of hydrogen-bond acceptors (Lipinski definition) is 4. The third kappa shape index (κ3) is 3.22. The van der Waals surface area contributed by atoms with Crippen LogP contribution in [-0.4, -0.2) is 36.4 Å². The van der Waals surface area contributed by atoms with Gasteiger partial charge in [0.05, 0.1) is 13.2 Å². The summed E-state index contributed by atoms with van der Waals surface area (Å²) >= 11 is 0. The monoisotopic (exact) mass is 279 g/mol. The molecule has 1 saturated heterocycles. The molecule has 1 atom stereocenters. The quantitative estimate of drug-likeness (QED) is 0.799. The first kappa shape index (κ1) is 14.7. The predicted molar refractivity (Wildman–Crippen MR) is 75.3 cm³/mol. The summed E-state index contributed by atoms with van der Waals surface area (Å²) < 4.78 is 11.2. The van der Waals surface area contributed by atoms with Gasteiger partial charge in [-0.25, -0.2) is 0 Å². The van der Waals surface area contributed by atoms with Gasteiger partial charge in [-0.2, -0.15) is 0 Å². The molecule has 1 heterocycles. The Kier molecular flexibility index (Phi) is 4.84. The van der Waals surface area contributed by atoms with Gasteiger partial charge >= 0.3 is 5.97 Å². The van der Waals surface area contributed by atoms with Crippen molar-refractivity contribution in [3.63, 3.8) is 0 Å². The van der Waals surface area contributed by atoms with Crippen molar-refractivity contribution in [3.05, 3.63) is 24.3 Å². The molecule has 0 aromatic heterocycles. The van der Waals surface area contributed by atoms with Crippen LogP contribution < -0.4 is 14.8 Å². The van der Waals surface area contributed by atoms with E-state index in [-0.39, 0.29) is 0 Å². The van der Waals surface area contributed by atoms with Gasteiger partial charge in [0.2, 0.25) is 0 Å². The first-order chi connectivity index (χ1) is 9.68. The van der Waals surface area contributed by atoms with Crippen LogP contribution in [0.3, 0.4) is 0 Å². The predicted octanol–water partition coefficient (Wildman–Crippen LogP) is 2.06. The van der Waals surface area contributed by atoms with Gasteiger partial charge in [-0.3, -0.25) is 4.79 Å². The second-order valence-electron chi connectivity index (χ2n) is 4.90. The third-order valence-electron chi connectivity index (χ3n) is 3.59. The van der Waals surface area contributed by atoms with Gasteiger partial charge in [-0.15, -0.1) is 0 Å². The lowest BCUT2D eigenvalue weighted by atomic mass is 9.94. The van der Waals surface area contributed by atoms with Crippen LogP contribution in [0.5, 0.6) is 11.5 Å². The van der Waals surface area contributed by atoms with E-state index < -0.39 is 11.5 Å². The molecule has 2 rings (SSSR count). The van der Waals surface area contributed by atoms with Crippen molar-refractivity contribution in [1.82, 2.24) is 5.32 Å². The molecule has 0 radical (unpaired) electrons. The summed E-state index contributed by atoms with van der Waals surface area (Å²) in [5.41, 5.74) is -0.833. The van der Waals surface area contributed by atoms with Crippen molar-refractivity contribution >= 4 is 5.97 Å². The van der Waals surface area contributed by atoms with Crippen molar-refractivity contribution in [2.24, 2.45) is 0 Å². The molecular formula is C15H21NO4. The van der Waals surface area contributed by atoms with Gasteiger partial charge in [0.15, 0.2) is 11.5 Å². The Labute approximate surface area is 118 Å². The van der Waals surface area contributed by atoms with Crippen LogP contribution in [0, 0.1) is 0 Å². The van der Waals surface area contributed by atoms with E-state index in [1.54, 1.807) is 0 Å². The molecule has 0 saturated carbocycles. The Balaban J connectivity index is 1.94. The number of carboxylic acids is 1. The number of carbonyl (C=O) groups is 1. The zero-order valence-corrected chi connectivity index (χ0v) is 11.7. The van der Waals surface area contributed by atoms with E-state index in [9.17, 15) is 9.90 Å². The van der Waals surface area contributed by atoms with Gasteiger partial charge in [-0.05, 0) is 38.4 Å². The van der Waals surface area contributed by atoms with Crippen molar-refractivity contribution in [1.29, 1.82) is 0 Å². The lowest BCUT2D eigenvalue weighted by Gasteiger charge is -2.24. The first-order valence-electron chi connectivity index (χ1n) is 7.01. The van der Waals surface area contributed by atoms with E-state index >= 15 is 0 Å². The third-order valence-corrected chi connectivity index (χ3v) is 3.59. The molecule has 0 bridgehead atoms. The highest BCUT2D eigenvalue weighted by atomic mass is 16.5. The fourth-order valence-electron chi connectivity index (χ4n) is 2.49. The molecule has 1 fully saturated rings. The summed E-state index contributed by atoms with van der Waals surface area (Å²) in [6.45, 7) is 3.59. The highest BCUT2D eigenvalue weighted by Gasteiger charge is 2.40. The molecule has 2 N–H and O–H groups in total. The van der Waals surface area contributed by atoms with Crippen LogP contribution in [-0.2, 0) is 4.79 Å². The molecule has 5 nitrogen and oxygen atoms in total. The molecule has 110 valence electrons. The van der Waals surface area contributed by atoms with Gasteiger partial charge < -0.3 is 19.9 Å². The van der Waals surface area contributed by atoms with E-state index in [0.717, 1.165) is 13.0 Å². The number of para-hydroxylation sites is 2. The van der Waals surface area contributed by atoms with Crippen LogP contribution in [0.15, 0.2) is 24.3 Å². The molecule has 0 aliphatic carbocycles. The minimum atomic E-state index is -0.833. The van der Waals surface area contributed by atoms with E-state index in [4.69, 9.17) is 9.47 Å². The van der Waals surface area contributed by atoms with Crippen LogP contribution in [0.2, 0.25) is 0 Å². The number of rotatable bonds is 7. The van der Waals surface area contributed by atoms with Crippen LogP contribution in [0.25, 0.3) is 0 Å². The number of nitrogens with one attached hydrogen (secondary N) is 1. The average molecular weight is 279 g/mol. The Hall–Kier alpha value is -1.75. The second-order valence-corrected chi connectivity index (χ2v) is 4.90. The van der Waals surface area contributed by atoms with E-state index in [1.165, 1.54) is 0 Å². The minimum Gasteiger partial charge on any atom is -0.490 e. The molecule has 5 heteroatoms. The largest absolute Gasteiger partial charge is 0.490 e. The molecule has 0 spiro atoms. The molecule has 1 aromatic carbocycles. The van der Waals surface area contributed by atoms with Gasteiger partial charge in [0, 0.05) is 6.42 Å². The molecule has 1 aliphatic rings. The Morgan fingerprint density at radius 2 is 2.05 bits per heavy atom. The zero-order chi connectivity index (χ0) is 14.4. The second kappa shape index (κ2) is 6.61. The Morgan fingerprint density at radius 1 is 1.35 bits per heavy atom. The van der Waals surface area contributed by atoms with Gasteiger partial charge in [0.1, 0.15) is 5.54 Å². The fraction of sp³-hybridized carbons (Fsp3) is 0.533. The summed E-state index contributed by atoms with van der Waals surface area (Å²) in [6.07, 6.45) is 1.99. The molecule has 1 unspecified atom stereocenters. The van der Waals surface area contributed by atoms with Crippen molar-refractivity contribution in [3.8, 4) is 11.5 Å². The van der Waals surface area contributed by atoms with Gasteiger partial charge in [0.25, 0.3) is 0 Å². The summed E-state index contributed by atoms with van der Waals surface area (Å²) in [5, 5.41) is 12.4. The number of aliphatic carboxylic acids is 1. The Bertz CT molecular complexity index is 455. The lowest BCUT2D eigenvalue weighted by molar-refractivity contribution is -0.144. The van der Waals surface area contributed by atoms with E-state index in [1.807, 2.05) is 31.2 Å². The van der Waals surface area contributed by atoms with E-state index in [2.05, 4.69) is 5.32 Å². The van der Waals surface area contributed by atoms with Crippen LogP contribution in [0.4, 0.5) is 0 Å². The Morgan fingerprint density at radius 3 is 2.60 bits per heavy atom. The van der Waals surface area contributed by atoms with Crippen LogP contribution >= 0.6 is 0 Å². The highest BCUT2D eigenvalue weighted by Crippen LogP contribution is 2.28. The maximum atomic E-state index is 11.4. The average Bonchev–Trinajstić information content (AvgIpc) is 2.91. The first-order valence-corrected chi connectivity index (χ1v) is 7.01. The number of benzene rings is 1. The zero-order valence-electron chi connectivity index (χ0n) is 11.7. The topological polar surface area (TPSA) is 67.8 Å². The summed E-state index contributed by atoms with van der Waals surface area (Å²) in [6, 6.07) is 7.44. The van der Waals surface area contributed by atoms with Crippen molar-refractivity contribution in [2.75, 3.05) is 19.8 Å². The summed E-state index contributed by atoms with van der Waals surface area (Å²) in [4.78, 5) is 11.4. The van der Waals surface area contributed by atoms with Gasteiger partial charge in [-0.1, -0.05) is 12.1 Å². The van der Waals surface area contributed by atoms with Crippen molar-refractivity contribution < 1.29 is 19.4 Å². The molecule has 1 aliphatic heterocycles. The lowest BCUT2D eigenvalue weighted by Crippen LogP contribution is -2.48. The van der Waals surface area contributed by atoms with E-state index in [0.29, 0.717) is 37.6 Å². The SMILES string of the molecule is CCOc1ccccc1OCCC1(C(=O)O)CCCN1. The number of hydrogen-bond donors (Lipinski definition) is 2. The molecule has 0 amide bonds. The molecule has 20 heavy (non-hydrogen) atoms. The highest BCUT2D eigenvalue weighted by molar-refractivity contribution is 5.79. The maximum Gasteiger partial charge on any atom is 0.324 e. The minimum absolute atomic E-state index is 0.351. The van der Waals surface area contributed by atoms with Crippen molar-refractivity contribution in [2.45, 2.75) is 31.7 Å². The maximum absolute atomic E-state index is 11.4. The number of ether oxygens (including phenoxy) is 2. The smallest absolute Gasteiger partial charge is 0.324 e. The fourth-order valence-corrected chi connectivity index (χ4v) is 2.49. The number of carboxylic acid groups (broad SMARTS) is 1. The molecule has 1 aromatic rings. The molecular weight excluding hydrogens is 258 g/mol.